The highest BCUT2D eigenvalue weighted by Gasteiger charge is 2.04. The van der Waals surface area contributed by atoms with Crippen molar-refractivity contribution in [3.8, 4) is 12.3 Å². The van der Waals surface area contributed by atoms with E-state index in [2.05, 4.69) is 21.9 Å². The maximum absolute atomic E-state index is 10.5. The molecular formula is C11H10BrNO. The summed E-state index contributed by atoms with van der Waals surface area (Å²) in [5.41, 5.74) is 1.63. The fourth-order valence-corrected chi connectivity index (χ4v) is 1.83. The highest BCUT2D eigenvalue weighted by atomic mass is 79.9. The first kappa shape index (κ1) is 10.8. The first-order chi connectivity index (χ1) is 6.69. The minimum atomic E-state index is 0.541. The number of aldehydes is 1. The lowest BCUT2D eigenvalue weighted by Crippen LogP contribution is -2.17. The molecule has 3 heteroatoms. The van der Waals surface area contributed by atoms with Crippen LogP contribution in [0.1, 0.15) is 10.4 Å². The van der Waals surface area contributed by atoms with Gasteiger partial charge in [0.25, 0.3) is 0 Å². The van der Waals surface area contributed by atoms with E-state index in [1.807, 2.05) is 18.0 Å². The van der Waals surface area contributed by atoms with Crippen LogP contribution in [0.2, 0.25) is 0 Å². The quantitative estimate of drug-likeness (QED) is 0.607. The van der Waals surface area contributed by atoms with Crippen molar-refractivity contribution < 1.29 is 4.79 Å². The van der Waals surface area contributed by atoms with E-state index in [1.165, 1.54) is 0 Å². The number of carbonyl (C=O) groups is 1. The first-order valence-electron chi connectivity index (χ1n) is 4.08. The van der Waals surface area contributed by atoms with E-state index in [4.69, 9.17) is 6.42 Å². The molecule has 0 spiro atoms. The van der Waals surface area contributed by atoms with E-state index < -0.39 is 0 Å². The summed E-state index contributed by atoms with van der Waals surface area (Å²) in [6, 6.07) is 5.40. The number of hydrogen-bond acceptors (Lipinski definition) is 2. The number of benzene rings is 1. The van der Waals surface area contributed by atoms with Gasteiger partial charge in [0.05, 0.1) is 12.2 Å². The van der Waals surface area contributed by atoms with E-state index in [9.17, 15) is 4.79 Å². The second-order valence-corrected chi connectivity index (χ2v) is 3.74. The number of hydrogen-bond donors (Lipinski definition) is 0. The molecule has 1 aromatic rings. The Morgan fingerprint density at radius 1 is 1.64 bits per heavy atom. The molecule has 0 aliphatic rings. The summed E-state index contributed by atoms with van der Waals surface area (Å²) in [6.07, 6.45) is 6.02. The average Bonchev–Trinajstić information content (AvgIpc) is 2.17. The summed E-state index contributed by atoms with van der Waals surface area (Å²) in [6.45, 7) is 0.541. The number of rotatable bonds is 3. The van der Waals surface area contributed by atoms with Crippen molar-refractivity contribution >= 4 is 27.9 Å². The van der Waals surface area contributed by atoms with Gasteiger partial charge < -0.3 is 4.90 Å². The maximum Gasteiger partial charge on any atom is 0.150 e. The molecule has 0 aromatic heterocycles. The molecule has 0 aliphatic carbocycles. The number of halogens is 1. The van der Waals surface area contributed by atoms with Gasteiger partial charge in [-0.15, -0.1) is 6.42 Å². The molecule has 0 saturated heterocycles. The van der Waals surface area contributed by atoms with Crippen LogP contribution in [0, 0.1) is 12.3 Å². The van der Waals surface area contributed by atoms with E-state index in [1.54, 1.807) is 12.1 Å². The second kappa shape index (κ2) is 4.83. The Balaban J connectivity index is 3.00. The summed E-state index contributed by atoms with van der Waals surface area (Å²) in [4.78, 5) is 12.4. The van der Waals surface area contributed by atoms with Gasteiger partial charge in [-0.25, -0.2) is 0 Å². The molecule has 0 amide bonds. The van der Waals surface area contributed by atoms with Crippen LogP contribution in [-0.4, -0.2) is 19.9 Å². The summed E-state index contributed by atoms with van der Waals surface area (Å²) in [5.74, 6) is 2.56. The zero-order valence-corrected chi connectivity index (χ0v) is 9.41. The van der Waals surface area contributed by atoms with Gasteiger partial charge in [0, 0.05) is 17.1 Å². The van der Waals surface area contributed by atoms with Crippen LogP contribution < -0.4 is 4.90 Å². The molecule has 0 unspecified atom stereocenters. The molecule has 0 saturated carbocycles. The predicted molar refractivity (Wildman–Crippen MR) is 61.6 cm³/mol. The zero-order valence-electron chi connectivity index (χ0n) is 7.83. The van der Waals surface area contributed by atoms with E-state index in [0.717, 1.165) is 16.4 Å². The van der Waals surface area contributed by atoms with Gasteiger partial charge in [0.1, 0.15) is 6.29 Å². The highest BCUT2D eigenvalue weighted by molar-refractivity contribution is 9.10. The van der Waals surface area contributed by atoms with Crippen molar-refractivity contribution in [2.75, 3.05) is 18.5 Å². The minimum Gasteiger partial charge on any atom is -0.363 e. The van der Waals surface area contributed by atoms with E-state index in [-0.39, 0.29) is 0 Å². The highest BCUT2D eigenvalue weighted by Crippen LogP contribution is 2.25. The lowest BCUT2D eigenvalue weighted by Gasteiger charge is -2.17. The Morgan fingerprint density at radius 3 is 2.86 bits per heavy atom. The van der Waals surface area contributed by atoms with Crippen molar-refractivity contribution in [1.82, 2.24) is 0 Å². The van der Waals surface area contributed by atoms with Gasteiger partial charge in [-0.2, -0.15) is 0 Å². The normalized spacial score (nSPS) is 9.21. The van der Waals surface area contributed by atoms with Gasteiger partial charge in [-0.1, -0.05) is 5.92 Å². The van der Waals surface area contributed by atoms with Crippen LogP contribution >= 0.6 is 15.9 Å². The largest absolute Gasteiger partial charge is 0.363 e. The lowest BCUT2D eigenvalue weighted by molar-refractivity contribution is 0.112. The fraction of sp³-hybridized carbons (Fsp3) is 0.182. The smallest absolute Gasteiger partial charge is 0.150 e. The minimum absolute atomic E-state index is 0.541. The third-order valence-corrected chi connectivity index (χ3v) is 2.48. The molecule has 1 aromatic carbocycles. The molecule has 1 rings (SSSR count). The first-order valence-corrected chi connectivity index (χ1v) is 4.87. The molecule has 14 heavy (non-hydrogen) atoms. The molecule has 72 valence electrons. The van der Waals surface area contributed by atoms with Crippen molar-refractivity contribution in [3.63, 3.8) is 0 Å². The SMILES string of the molecule is C#CCN(C)c1ccc(C=O)cc1Br. The molecule has 0 bridgehead atoms. The standard InChI is InChI=1S/C11H10BrNO/c1-3-6-13(2)11-5-4-9(8-14)7-10(11)12/h1,4-5,7-8H,6H2,2H3. The van der Waals surface area contributed by atoms with Crippen molar-refractivity contribution in [3.05, 3.63) is 28.2 Å². The summed E-state index contributed by atoms with van der Waals surface area (Å²) >= 11 is 3.39. The van der Waals surface area contributed by atoms with Crippen LogP contribution in [0.5, 0.6) is 0 Å². The van der Waals surface area contributed by atoms with Crippen LogP contribution in [0.4, 0.5) is 5.69 Å². The van der Waals surface area contributed by atoms with Crippen molar-refractivity contribution in [1.29, 1.82) is 0 Å². The number of nitrogens with zero attached hydrogens (tertiary/aromatic N) is 1. The van der Waals surface area contributed by atoms with Gasteiger partial charge in [0.2, 0.25) is 0 Å². The van der Waals surface area contributed by atoms with Crippen molar-refractivity contribution in [2.45, 2.75) is 0 Å². The topological polar surface area (TPSA) is 20.3 Å². The lowest BCUT2D eigenvalue weighted by atomic mass is 10.2. The number of anilines is 1. The third-order valence-electron chi connectivity index (χ3n) is 1.85. The van der Waals surface area contributed by atoms with E-state index >= 15 is 0 Å². The molecule has 2 nitrogen and oxygen atoms in total. The molecular weight excluding hydrogens is 242 g/mol. The summed E-state index contributed by atoms with van der Waals surface area (Å²) in [7, 11) is 1.90. The molecule has 0 N–H and O–H groups in total. The Hall–Kier alpha value is -1.27. The van der Waals surface area contributed by atoms with Gasteiger partial charge in [-0.05, 0) is 34.1 Å². The van der Waals surface area contributed by atoms with Crippen molar-refractivity contribution in [2.24, 2.45) is 0 Å². The van der Waals surface area contributed by atoms with E-state index in [0.29, 0.717) is 12.1 Å². The molecule has 0 radical (unpaired) electrons. The number of carbonyl (C=O) groups excluding carboxylic acids is 1. The van der Waals surface area contributed by atoms with Crippen LogP contribution in [0.25, 0.3) is 0 Å². The van der Waals surface area contributed by atoms with Gasteiger partial charge in [0.15, 0.2) is 0 Å². The monoisotopic (exact) mass is 251 g/mol. The summed E-state index contributed by atoms with van der Waals surface area (Å²) in [5, 5.41) is 0. The molecule has 0 atom stereocenters. The van der Waals surface area contributed by atoms with Crippen LogP contribution in [0.3, 0.4) is 0 Å². The fourth-order valence-electron chi connectivity index (χ4n) is 1.13. The van der Waals surface area contributed by atoms with Gasteiger partial charge in [-0.3, -0.25) is 4.79 Å². The number of terminal acetylenes is 1. The molecule has 0 aliphatic heterocycles. The summed E-state index contributed by atoms with van der Waals surface area (Å²) < 4.78 is 0.875. The molecule has 0 heterocycles. The Morgan fingerprint density at radius 2 is 2.36 bits per heavy atom. The zero-order chi connectivity index (χ0) is 10.6. The third kappa shape index (κ3) is 2.36. The van der Waals surface area contributed by atoms with Gasteiger partial charge >= 0.3 is 0 Å². The Bertz CT molecular complexity index is 381. The maximum atomic E-state index is 10.5. The van der Waals surface area contributed by atoms with Crippen LogP contribution in [-0.2, 0) is 0 Å². The predicted octanol–water partition coefficient (Wildman–Crippen LogP) is 2.33. The Labute approximate surface area is 92.0 Å². The second-order valence-electron chi connectivity index (χ2n) is 2.89. The average molecular weight is 252 g/mol. The molecule has 0 fully saturated rings. The van der Waals surface area contributed by atoms with Crippen LogP contribution in [0.15, 0.2) is 22.7 Å². The Kier molecular flexibility index (Phi) is 3.73.